The number of carbonyl (C=O) groups is 1. The Morgan fingerprint density at radius 3 is 2.62 bits per heavy atom. The summed E-state index contributed by atoms with van der Waals surface area (Å²) >= 11 is 0. The first-order valence-corrected chi connectivity index (χ1v) is 4.95. The van der Waals surface area contributed by atoms with Gasteiger partial charge in [-0.2, -0.15) is 0 Å². The van der Waals surface area contributed by atoms with Crippen molar-refractivity contribution in [2.24, 2.45) is 0 Å². The molecule has 0 aromatic heterocycles. The van der Waals surface area contributed by atoms with E-state index in [4.69, 9.17) is 5.11 Å². The van der Waals surface area contributed by atoms with Crippen molar-refractivity contribution < 1.29 is 15.0 Å². The van der Waals surface area contributed by atoms with Gasteiger partial charge < -0.3 is 15.5 Å². The summed E-state index contributed by atoms with van der Waals surface area (Å²) in [5.41, 5.74) is 1.31. The van der Waals surface area contributed by atoms with Gasteiger partial charge in [-0.3, -0.25) is 4.79 Å². The smallest absolute Gasteiger partial charge is 0.246 e. The summed E-state index contributed by atoms with van der Waals surface area (Å²) in [6.45, 7) is 5.63. The Kier molecular flexibility index (Phi) is 3.94. The molecule has 0 unspecified atom stereocenters. The van der Waals surface area contributed by atoms with E-state index in [0.717, 1.165) is 5.56 Å². The second-order valence-corrected chi connectivity index (χ2v) is 3.61. The highest BCUT2D eigenvalue weighted by Crippen LogP contribution is 2.24. The van der Waals surface area contributed by atoms with Crippen molar-refractivity contribution in [1.29, 1.82) is 0 Å². The lowest BCUT2D eigenvalue weighted by Crippen LogP contribution is -2.25. The summed E-state index contributed by atoms with van der Waals surface area (Å²) in [6, 6.07) is 4.59. The zero-order valence-corrected chi connectivity index (χ0v) is 9.16. The average molecular weight is 221 g/mol. The predicted molar refractivity (Wildman–Crippen MR) is 61.3 cm³/mol. The fourth-order valence-electron chi connectivity index (χ4n) is 1.20. The molecule has 0 aliphatic carbocycles. The van der Waals surface area contributed by atoms with E-state index < -0.39 is 0 Å². The number of hydrogen-bond acceptors (Lipinski definition) is 3. The Balaban J connectivity index is 2.46. The molecule has 16 heavy (non-hydrogen) atoms. The molecule has 1 aromatic rings. The van der Waals surface area contributed by atoms with Crippen molar-refractivity contribution in [2.45, 2.75) is 13.3 Å². The maximum atomic E-state index is 11.2. The minimum absolute atomic E-state index is 0.144. The molecule has 0 spiro atoms. The number of hydrogen-bond donors (Lipinski definition) is 3. The van der Waals surface area contributed by atoms with Crippen LogP contribution < -0.4 is 5.32 Å². The average Bonchev–Trinajstić information content (AvgIpc) is 2.23. The van der Waals surface area contributed by atoms with E-state index in [1.54, 1.807) is 13.0 Å². The summed E-state index contributed by atoms with van der Waals surface area (Å²) in [4.78, 5) is 11.2. The van der Waals surface area contributed by atoms with E-state index in [0.29, 0.717) is 18.5 Å². The van der Waals surface area contributed by atoms with Crippen molar-refractivity contribution >= 4 is 5.91 Å². The maximum Gasteiger partial charge on any atom is 0.246 e. The molecule has 1 aromatic carbocycles. The number of carbonyl (C=O) groups excluding carboxylic acids is 1. The largest absolute Gasteiger partial charge is 0.504 e. The molecule has 0 radical (unpaired) electrons. The van der Waals surface area contributed by atoms with E-state index >= 15 is 0 Å². The van der Waals surface area contributed by atoms with Crippen LogP contribution >= 0.6 is 0 Å². The topological polar surface area (TPSA) is 69.6 Å². The molecule has 4 heteroatoms. The van der Waals surface area contributed by atoms with Crippen LogP contribution in [0.1, 0.15) is 12.5 Å². The Hall–Kier alpha value is -1.97. The van der Waals surface area contributed by atoms with E-state index in [2.05, 4.69) is 11.9 Å². The number of phenols is 2. The fourth-order valence-corrected chi connectivity index (χ4v) is 1.20. The molecule has 0 heterocycles. The molecule has 0 atom stereocenters. The van der Waals surface area contributed by atoms with Gasteiger partial charge in [0.25, 0.3) is 0 Å². The number of benzene rings is 1. The summed E-state index contributed by atoms with van der Waals surface area (Å²) in [6.07, 6.45) is 0.590. The number of phenolic OH excluding ortho intramolecular Hbond substituents is 2. The van der Waals surface area contributed by atoms with Gasteiger partial charge in [0.15, 0.2) is 11.5 Å². The molecule has 86 valence electrons. The minimum atomic E-state index is -0.178. The number of aromatic hydroxyl groups is 2. The lowest BCUT2D eigenvalue weighted by Gasteiger charge is -2.05. The summed E-state index contributed by atoms with van der Waals surface area (Å²) in [5.74, 6) is -0.471. The molecule has 1 rings (SSSR count). The molecule has 0 saturated heterocycles. The van der Waals surface area contributed by atoms with Crippen LogP contribution in [0.2, 0.25) is 0 Å². The molecule has 0 bridgehead atoms. The van der Waals surface area contributed by atoms with Crippen molar-refractivity contribution in [1.82, 2.24) is 5.32 Å². The molecule has 4 nitrogen and oxygen atoms in total. The standard InChI is InChI=1S/C12H15NO3/c1-8(2)12(16)13-6-5-9-3-4-10(14)11(15)7-9/h3-4,7,14-15H,1,5-6H2,2H3,(H,13,16). The first-order chi connectivity index (χ1) is 7.50. The van der Waals surface area contributed by atoms with Crippen LogP contribution in [0.5, 0.6) is 11.5 Å². The Morgan fingerprint density at radius 1 is 1.38 bits per heavy atom. The molecule has 3 N–H and O–H groups in total. The van der Waals surface area contributed by atoms with E-state index in [-0.39, 0.29) is 17.4 Å². The van der Waals surface area contributed by atoms with Gasteiger partial charge in [-0.05, 0) is 31.0 Å². The van der Waals surface area contributed by atoms with Gasteiger partial charge in [0.1, 0.15) is 0 Å². The van der Waals surface area contributed by atoms with Crippen molar-refractivity contribution in [2.75, 3.05) is 6.54 Å². The second-order valence-electron chi connectivity index (χ2n) is 3.61. The van der Waals surface area contributed by atoms with Crippen LogP contribution in [0.4, 0.5) is 0 Å². The Bertz CT molecular complexity index is 413. The van der Waals surface area contributed by atoms with Crippen LogP contribution in [0.25, 0.3) is 0 Å². The van der Waals surface area contributed by atoms with Crippen LogP contribution in [0.3, 0.4) is 0 Å². The van der Waals surface area contributed by atoms with Crippen LogP contribution in [-0.2, 0) is 11.2 Å². The quantitative estimate of drug-likeness (QED) is 0.530. The van der Waals surface area contributed by atoms with Gasteiger partial charge in [-0.1, -0.05) is 12.6 Å². The van der Waals surface area contributed by atoms with Crippen molar-refractivity contribution in [3.8, 4) is 11.5 Å². The maximum absolute atomic E-state index is 11.2. The molecule has 0 fully saturated rings. The second kappa shape index (κ2) is 5.21. The van der Waals surface area contributed by atoms with Gasteiger partial charge in [-0.15, -0.1) is 0 Å². The van der Waals surface area contributed by atoms with Gasteiger partial charge in [0, 0.05) is 12.1 Å². The highest BCUT2D eigenvalue weighted by molar-refractivity contribution is 5.92. The Labute approximate surface area is 94.2 Å². The predicted octanol–water partition coefficient (Wildman–Crippen LogP) is 1.33. The third kappa shape index (κ3) is 3.31. The van der Waals surface area contributed by atoms with E-state index in [1.165, 1.54) is 12.1 Å². The third-order valence-corrected chi connectivity index (χ3v) is 2.13. The first kappa shape index (κ1) is 12.1. The molecular weight excluding hydrogens is 206 g/mol. The molecule has 1 amide bonds. The fraction of sp³-hybridized carbons (Fsp3) is 0.250. The number of nitrogens with one attached hydrogen (secondary N) is 1. The normalized spacial score (nSPS) is 9.81. The van der Waals surface area contributed by atoms with Crippen LogP contribution in [-0.4, -0.2) is 22.7 Å². The molecule has 0 saturated carbocycles. The lowest BCUT2D eigenvalue weighted by molar-refractivity contribution is -0.117. The monoisotopic (exact) mass is 221 g/mol. The van der Waals surface area contributed by atoms with Gasteiger partial charge in [0.2, 0.25) is 5.91 Å². The van der Waals surface area contributed by atoms with Gasteiger partial charge in [0.05, 0.1) is 0 Å². The summed E-state index contributed by atoms with van der Waals surface area (Å²) < 4.78 is 0. The third-order valence-electron chi connectivity index (χ3n) is 2.13. The lowest BCUT2D eigenvalue weighted by atomic mass is 10.1. The minimum Gasteiger partial charge on any atom is -0.504 e. The summed E-state index contributed by atoms with van der Waals surface area (Å²) in [7, 11) is 0. The SMILES string of the molecule is C=C(C)C(=O)NCCc1ccc(O)c(O)c1. The highest BCUT2D eigenvalue weighted by Gasteiger charge is 2.02. The zero-order chi connectivity index (χ0) is 12.1. The van der Waals surface area contributed by atoms with Crippen molar-refractivity contribution in [3.63, 3.8) is 0 Å². The van der Waals surface area contributed by atoms with Crippen LogP contribution in [0.15, 0.2) is 30.4 Å². The zero-order valence-electron chi connectivity index (χ0n) is 9.16. The summed E-state index contributed by atoms with van der Waals surface area (Å²) in [5, 5.41) is 21.0. The first-order valence-electron chi connectivity index (χ1n) is 4.95. The van der Waals surface area contributed by atoms with E-state index in [1.807, 2.05) is 0 Å². The molecule has 0 aliphatic rings. The van der Waals surface area contributed by atoms with Crippen LogP contribution in [0, 0.1) is 0 Å². The molecular formula is C12H15NO3. The highest BCUT2D eigenvalue weighted by atomic mass is 16.3. The van der Waals surface area contributed by atoms with Gasteiger partial charge >= 0.3 is 0 Å². The number of rotatable bonds is 4. The van der Waals surface area contributed by atoms with Crippen molar-refractivity contribution in [3.05, 3.63) is 35.9 Å². The Morgan fingerprint density at radius 2 is 2.06 bits per heavy atom. The van der Waals surface area contributed by atoms with Gasteiger partial charge in [-0.25, -0.2) is 0 Å². The number of amides is 1. The molecule has 0 aliphatic heterocycles. The van der Waals surface area contributed by atoms with E-state index in [9.17, 15) is 9.90 Å².